The van der Waals surface area contributed by atoms with Crippen molar-refractivity contribution in [3.8, 4) is 0 Å². The average molecular weight is 319 g/mol. The summed E-state index contributed by atoms with van der Waals surface area (Å²) in [6.45, 7) is 8.62. The van der Waals surface area contributed by atoms with Crippen molar-refractivity contribution in [2.45, 2.75) is 27.7 Å². The maximum Gasteiger partial charge on any atom is 0.258 e. The van der Waals surface area contributed by atoms with E-state index < -0.39 is 0 Å². The molecule has 2 N–H and O–H groups in total. The predicted octanol–water partition coefficient (Wildman–Crippen LogP) is 4.28. The Morgan fingerprint density at radius 1 is 1.05 bits per heavy atom. The van der Waals surface area contributed by atoms with Crippen molar-refractivity contribution in [2.24, 2.45) is 0 Å². The van der Waals surface area contributed by atoms with E-state index in [1.807, 2.05) is 52.0 Å². The van der Waals surface area contributed by atoms with E-state index >= 15 is 0 Å². The Morgan fingerprint density at radius 2 is 1.64 bits per heavy atom. The molecule has 0 atom stereocenters. The molecular weight excluding hydrogens is 296 g/mol. The topological polar surface area (TPSA) is 46.3 Å². The summed E-state index contributed by atoms with van der Waals surface area (Å²) in [5, 5.41) is 0. The van der Waals surface area contributed by atoms with Crippen molar-refractivity contribution in [3.05, 3.63) is 58.7 Å². The average Bonchev–Trinajstić information content (AvgIpc) is 2.41. The summed E-state index contributed by atoms with van der Waals surface area (Å²) in [7, 11) is 0. The molecule has 0 heterocycles. The highest BCUT2D eigenvalue weighted by Crippen LogP contribution is 2.23. The van der Waals surface area contributed by atoms with E-state index in [0.29, 0.717) is 17.8 Å². The van der Waals surface area contributed by atoms with E-state index in [9.17, 15) is 4.79 Å². The maximum atomic E-state index is 12.8. The molecule has 118 valence electrons. The second-order valence-corrected chi connectivity index (χ2v) is 5.47. The molecule has 2 aromatic carbocycles. The zero-order chi connectivity index (χ0) is 15.6. The second kappa shape index (κ2) is 7.32. The molecule has 0 aliphatic carbocycles. The highest BCUT2D eigenvalue weighted by molar-refractivity contribution is 6.07. The molecule has 0 saturated carbocycles. The number of halogens is 1. The molecule has 0 radical (unpaired) electrons. The van der Waals surface area contributed by atoms with Gasteiger partial charge in [0.05, 0.1) is 0 Å². The van der Waals surface area contributed by atoms with E-state index in [2.05, 4.69) is 6.07 Å². The highest BCUT2D eigenvalue weighted by Gasteiger charge is 2.18. The lowest BCUT2D eigenvalue weighted by Gasteiger charge is -2.23. The van der Waals surface area contributed by atoms with Crippen molar-refractivity contribution >= 4 is 29.7 Å². The Bertz CT molecular complexity index is 663. The molecule has 0 fully saturated rings. The predicted molar refractivity (Wildman–Crippen MR) is 96.1 cm³/mol. The maximum absolute atomic E-state index is 12.8. The molecule has 2 rings (SSSR count). The fourth-order valence-electron chi connectivity index (χ4n) is 2.57. The highest BCUT2D eigenvalue weighted by atomic mass is 35.5. The number of carbonyl (C=O) groups is 1. The molecule has 22 heavy (non-hydrogen) atoms. The van der Waals surface area contributed by atoms with E-state index in [0.717, 1.165) is 22.4 Å². The molecular formula is C18H23ClN2O. The van der Waals surface area contributed by atoms with Crippen LogP contribution in [-0.2, 0) is 0 Å². The molecule has 0 aliphatic heterocycles. The smallest absolute Gasteiger partial charge is 0.258 e. The molecule has 0 unspecified atom stereocenters. The summed E-state index contributed by atoms with van der Waals surface area (Å²) < 4.78 is 0. The summed E-state index contributed by atoms with van der Waals surface area (Å²) in [4.78, 5) is 14.6. The zero-order valence-electron chi connectivity index (χ0n) is 13.5. The lowest BCUT2D eigenvalue weighted by Crippen LogP contribution is -2.31. The van der Waals surface area contributed by atoms with Gasteiger partial charge in [0.2, 0.25) is 0 Å². The standard InChI is InChI=1S/C18H22N2O.ClH/c1-5-20(16-9-12(2)8-13(3)10-16)18(21)17-11-15(19)7-6-14(17)4;/h6-11H,5,19H2,1-4H3;1H. The molecule has 3 nitrogen and oxygen atoms in total. The fourth-order valence-corrected chi connectivity index (χ4v) is 2.57. The lowest BCUT2D eigenvalue weighted by molar-refractivity contribution is 0.0988. The molecule has 0 aromatic heterocycles. The Balaban J connectivity index is 0.00000242. The molecule has 0 saturated heterocycles. The number of hydrogen-bond donors (Lipinski definition) is 1. The van der Waals surface area contributed by atoms with E-state index in [4.69, 9.17) is 5.73 Å². The summed E-state index contributed by atoms with van der Waals surface area (Å²) in [5.41, 5.74) is 11.3. The molecule has 4 heteroatoms. The number of nitrogen functional groups attached to an aromatic ring is 1. The number of aryl methyl sites for hydroxylation is 3. The minimum atomic E-state index is -0.00713. The Kier molecular flexibility index (Phi) is 6.01. The third-order valence-corrected chi connectivity index (χ3v) is 3.57. The van der Waals surface area contributed by atoms with Crippen LogP contribution >= 0.6 is 12.4 Å². The SMILES string of the molecule is CCN(C(=O)c1cc(N)ccc1C)c1cc(C)cc(C)c1.Cl. The molecule has 0 spiro atoms. The van der Waals surface area contributed by atoms with Crippen LogP contribution in [0, 0.1) is 20.8 Å². The Morgan fingerprint density at radius 3 is 2.18 bits per heavy atom. The largest absolute Gasteiger partial charge is 0.399 e. The quantitative estimate of drug-likeness (QED) is 0.858. The van der Waals surface area contributed by atoms with Crippen LogP contribution in [0.3, 0.4) is 0 Å². The third kappa shape index (κ3) is 3.80. The van der Waals surface area contributed by atoms with Gasteiger partial charge in [0.1, 0.15) is 0 Å². The zero-order valence-corrected chi connectivity index (χ0v) is 14.3. The van der Waals surface area contributed by atoms with Gasteiger partial charge in [0.15, 0.2) is 0 Å². The second-order valence-electron chi connectivity index (χ2n) is 5.47. The monoisotopic (exact) mass is 318 g/mol. The van der Waals surface area contributed by atoms with Crippen LogP contribution in [0.2, 0.25) is 0 Å². The molecule has 0 aliphatic rings. The van der Waals surface area contributed by atoms with Crippen LogP contribution in [0.25, 0.3) is 0 Å². The van der Waals surface area contributed by atoms with Gasteiger partial charge in [-0.05, 0) is 68.7 Å². The van der Waals surface area contributed by atoms with Gasteiger partial charge in [-0.1, -0.05) is 12.1 Å². The molecule has 0 bridgehead atoms. The van der Waals surface area contributed by atoms with Gasteiger partial charge in [-0.2, -0.15) is 0 Å². The Hall–Kier alpha value is -2.00. The van der Waals surface area contributed by atoms with Gasteiger partial charge in [-0.15, -0.1) is 12.4 Å². The number of anilines is 2. The summed E-state index contributed by atoms with van der Waals surface area (Å²) in [6.07, 6.45) is 0. The van der Waals surface area contributed by atoms with Gasteiger partial charge in [-0.3, -0.25) is 4.79 Å². The number of benzene rings is 2. The lowest BCUT2D eigenvalue weighted by atomic mass is 10.1. The number of carbonyl (C=O) groups excluding carboxylic acids is 1. The number of nitrogens with zero attached hydrogens (tertiary/aromatic N) is 1. The summed E-state index contributed by atoms with van der Waals surface area (Å²) >= 11 is 0. The van der Waals surface area contributed by atoms with Crippen LogP contribution in [-0.4, -0.2) is 12.5 Å². The van der Waals surface area contributed by atoms with Crippen molar-refractivity contribution < 1.29 is 4.79 Å². The van der Waals surface area contributed by atoms with Gasteiger partial charge in [0, 0.05) is 23.5 Å². The van der Waals surface area contributed by atoms with Gasteiger partial charge in [0.25, 0.3) is 5.91 Å². The van der Waals surface area contributed by atoms with Gasteiger partial charge in [-0.25, -0.2) is 0 Å². The molecule has 2 aromatic rings. The third-order valence-electron chi connectivity index (χ3n) is 3.57. The van der Waals surface area contributed by atoms with Gasteiger partial charge < -0.3 is 10.6 Å². The van der Waals surface area contributed by atoms with Crippen molar-refractivity contribution in [1.82, 2.24) is 0 Å². The van der Waals surface area contributed by atoms with E-state index in [-0.39, 0.29) is 18.3 Å². The molecule has 1 amide bonds. The van der Waals surface area contributed by atoms with Crippen LogP contribution in [0.1, 0.15) is 34.0 Å². The minimum absolute atomic E-state index is 0. The first-order chi connectivity index (χ1) is 9.92. The Labute approximate surface area is 138 Å². The van der Waals surface area contributed by atoms with Crippen molar-refractivity contribution in [3.63, 3.8) is 0 Å². The van der Waals surface area contributed by atoms with Crippen LogP contribution < -0.4 is 10.6 Å². The first-order valence-electron chi connectivity index (χ1n) is 7.18. The van der Waals surface area contributed by atoms with Crippen molar-refractivity contribution in [1.29, 1.82) is 0 Å². The summed E-state index contributed by atoms with van der Waals surface area (Å²) in [5.74, 6) is -0.00713. The number of hydrogen-bond acceptors (Lipinski definition) is 2. The van der Waals surface area contributed by atoms with E-state index in [1.54, 1.807) is 11.0 Å². The first kappa shape index (κ1) is 18.1. The minimum Gasteiger partial charge on any atom is -0.399 e. The summed E-state index contributed by atoms with van der Waals surface area (Å²) in [6, 6.07) is 11.6. The first-order valence-corrected chi connectivity index (χ1v) is 7.18. The van der Waals surface area contributed by atoms with E-state index in [1.165, 1.54) is 0 Å². The van der Waals surface area contributed by atoms with Crippen LogP contribution in [0.5, 0.6) is 0 Å². The number of nitrogens with two attached hydrogens (primary N) is 1. The number of amides is 1. The van der Waals surface area contributed by atoms with Crippen LogP contribution in [0.15, 0.2) is 36.4 Å². The van der Waals surface area contributed by atoms with Gasteiger partial charge >= 0.3 is 0 Å². The van der Waals surface area contributed by atoms with Crippen molar-refractivity contribution in [2.75, 3.05) is 17.2 Å². The number of rotatable bonds is 3. The normalized spacial score (nSPS) is 10.0. The van der Waals surface area contributed by atoms with Crippen LogP contribution in [0.4, 0.5) is 11.4 Å². The fraction of sp³-hybridized carbons (Fsp3) is 0.278.